The number of amides is 1. The standard InChI is InChI=1S/C27H33N3O4/c1-3-32-23-10-8-22(9-11-23)25-18-24(21-6-4-20(2)5-7-21)28-30(25)26(31)19-29-14-12-27(13-15-29)33-16-17-34-27/h4-11,25H,3,12-19H2,1-2H3/t25-/m0/s1. The first-order valence-corrected chi connectivity index (χ1v) is 12.2. The number of carbonyl (C=O) groups excluding carboxylic acids is 1. The Bertz CT molecular complexity index is 1020. The predicted molar refractivity (Wildman–Crippen MR) is 130 cm³/mol. The molecular formula is C27H33N3O4. The average Bonchev–Trinajstić information content (AvgIpc) is 3.50. The number of hydrogen-bond donors (Lipinski definition) is 0. The maximum Gasteiger partial charge on any atom is 0.257 e. The minimum atomic E-state index is -0.436. The minimum Gasteiger partial charge on any atom is -0.494 e. The van der Waals surface area contributed by atoms with Gasteiger partial charge in [-0.3, -0.25) is 9.69 Å². The summed E-state index contributed by atoms with van der Waals surface area (Å²) in [6, 6.07) is 16.2. The van der Waals surface area contributed by atoms with Crippen molar-refractivity contribution >= 4 is 11.6 Å². The summed E-state index contributed by atoms with van der Waals surface area (Å²) in [5.74, 6) is 0.417. The highest BCUT2D eigenvalue weighted by Crippen LogP contribution is 2.35. The second-order valence-electron chi connectivity index (χ2n) is 9.26. The van der Waals surface area contributed by atoms with E-state index in [2.05, 4.69) is 36.1 Å². The SMILES string of the molecule is CCOc1ccc([C@@H]2CC(c3ccc(C)cc3)=NN2C(=O)CN2CCC3(CC2)OCCO3)cc1. The minimum absolute atomic E-state index is 0.0187. The number of piperidine rings is 1. The molecule has 7 heteroatoms. The summed E-state index contributed by atoms with van der Waals surface area (Å²) in [7, 11) is 0. The number of carbonyl (C=O) groups is 1. The lowest BCUT2D eigenvalue weighted by Crippen LogP contribution is -2.48. The van der Waals surface area contributed by atoms with E-state index in [1.54, 1.807) is 5.01 Å². The largest absolute Gasteiger partial charge is 0.494 e. The molecule has 1 amide bonds. The molecule has 2 saturated heterocycles. The number of hydrazone groups is 1. The topological polar surface area (TPSA) is 63.6 Å². The molecule has 7 nitrogen and oxygen atoms in total. The van der Waals surface area contributed by atoms with Crippen LogP contribution in [-0.4, -0.2) is 66.8 Å². The van der Waals surface area contributed by atoms with Crippen molar-refractivity contribution in [1.82, 2.24) is 9.91 Å². The smallest absolute Gasteiger partial charge is 0.257 e. The zero-order chi connectivity index (χ0) is 23.5. The molecule has 0 aliphatic carbocycles. The van der Waals surface area contributed by atoms with Crippen molar-refractivity contribution in [3.05, 3.63) is 65.2 Å². The summed E-state index contributed by atoms with van der Waals surface area (Å²) < 4.78 is 17.3. The number of likely N-dealkylation sites (tertiary alicyclic amines) is 1. The van der Waals surface area contributed by atoms with Crippen molar-refractivity contribution in [1.29, 1.82) is 0 Å². The molecule has 2 aromatic rings. The summed E-state index contributed by atoms with van der Waals surface area (Å²) >= 11 is 0. The summed E-state index contributed by atoms with van der Waals surface area (Å²) in [5, 5.41) is 6.53. The van der Waals surface area contributed by atoms with Gasteiger partial charge in [-0.2, -0.15) is 5.10 Å². The number of nitrogens with zero attached hydrogens (tertiary/aromatic N) is 3. The Morgan fingerprint density at radius 3 is 2.38 bits per heavy atom. The number of aryl methyl sites for hydroxylation is 1. The number of ether oxygens (including phenoxy) is 3. The number of benzene rings is 2. The first-order chi connectivity index (χ1) is 16.5. The lowest BCUT2D eigenvalue weighted by molar-refractivity contribution is -0.186. The molecule has 0 bridgehead atoms. The highest BCUT2D eigenvalue weighted by Gasteiger charge is 2.41. The van der Waals surface area contributed by atoms with Gasteiger partial charge in [0, 0.05) is 32.4 Å². The first kappa shape index (κ1) is 23.0. The molecule has 3 aliphatic rings. The molecule has 3 aliphatic heterocycles. The van der Waals surface area contributed by atoms with E-state index >= 15 is 0 Å². The van der Waals surface area contributed by atoms with Crippen LogP contribution in [0.4, 0.5) is 0 Å². The number of hydrogen-bond acceptors (Lipinski definition) is 6. The van der Waals surface area contributed by atoms with Crippen LogP contribution in [0.3, 0.4) is 0 Å². The van der Waals surface area contributed by atoms with Gasteiger partial charge in [0.2, 0.25) is 0 Å². The normalized spacial score (nSPS) is 22.2. The van der Waals surface area contributed by atoms with Gasteiger partial charge >= 0.3 is 0 Å². The fourth-order valence-corrected chi connectivity index (χ4v) is 4.97. The summed E-state index contributed by atoms with van der Waals surface area (Å²) in [6.07, 6.45) is 2.27. The summed E-state index contributed by atoms with van der Waals surface area (Å²) in [5.41, 5.74) is 4.27. The Balaban J connectivity index is 1.33. The van der Waals surface area contributed by atoms with E-state index in [1.807, 2.05) is 31.2 Å². The molecule has 5 rings (SSSR count). The van der Waals surface area contributed by atoms with Crippen LogP contribution >= 0.6 is 0 Å². The highest BCUT2D eigenvalue weighted by molar-refractivity contribution is 6.03. The molecule has 0 N–H and O–H groups in total. The molecule has 0 radical (unpaired) electrons. The summed E-state index contributed by atoms with van der Waals surface area (Å²) in [4.78, 5) is 15.7. The highest BCUT2D eigenvalue weighted by atomic mass is 16.7. The second kappa shape index (κ2) is 9.86. The maximum absolute atomic E-state index is 13.5. The zero-order valence-corrected chi connectivity index (χ0v) is 20.0. The molecular weight excluding hydrogens is 430 g/mol. The van der Waals surface area contributed by atoms with E-state index in [-0.39, 0.29) is 11.9 Å². The van der Waals surface area contributed by atoms with Crippen molar-refractivity contribution in [3.63, 3.8) is 0 Å². The van der Waals surface area contributed by atoms with Crippen LogP contribution in [0, 0.1) is 6.92 Å². The monoisotopic (exact) mass is 463 g/mol. The summed E-state index contributed by atoms with van der Waals surface area (Å²) in [6.45, 7) is 7.89. The Morgan fingerprint density at radius 1 is 1.06 bits per heavy atom. The van der Waals surface area contributed by atoms with Crippen molar-refractivity contribution in [2.75, 3.05) is 39.5 Å². The van der Waals surface area contributed by atoms with Crippen molar-refractivity contribution in [2.24, 2.45) is 5.10 Å². The van der Waals surface area contributed by atoms with E-state index in [0.717, 1.165) is 48.5 Å². The van der Waals surface area contributed by atoms with Gasteiger partial charge in [0.05, 0.1) is 38.1 Å². The maximum atomic E-state index is 13.5. The van der Waals surface area contributed by atoms with Crippen LogP contribution < -0.4 is 4.74 Å². The molecule has 3 heterocycles. The molecule has 0 saturated carbocycles. The zero-order valence-electron chi connectivity index (χ0n) is 20.0. The Kier molecular flexibility index (Phi) is 6.68. The third-order valence-electron chi connectivity index (χ3n) is 6.92. The van der Waals surface area contributed by atoms with Gasteiger partial charge < -0.3 is 14.2 Å². The molecule has 0 unspecified atom stereocenters. The Hall–Kier alpha value is -2.74. The van der Waals surface area contributed by atoms with Gasteiger partial charge in [-0.25, -0.2) is 5.01 Å². The van der Waals surface area contributed by atoms with E-state index < -0.39 is 5.79 Å². The lowest BCUT2D eigenvalue weighted by atomic mass is 9.98. The van der Waals surface area contributed by atoms with Gasteiger partial charge in [-0.15, -0.1) is 0 Å². The van der Waals surface area contributed by atoms with E-state index in [1.165, 1.54) is 5.56 Å². The average molecular weight is 464 g/mol. The molecule has 2 aromatic carbocycles. The van der Waals surface area contributed by atoms with Gasteiger partial charge in [-0.1, -0.05) is 42.0 Å². The fraction of sp³-hybridized carbons (Fsp3) is 0.481. The van der Waals surface area contributed by atoms with Crippen LogP contribution in [0.2, 0.25) is 0 Å². The molecule has 1 atom stereocenters. The van der Waals surface area contributed by atoms with Gasteiger partial charge in [-0.05, 0) is 37.1 Å². The van der Waals surface area contributed by atoms with E-state index in [9.17, 15) is 4.79 Å². The molecule has 1 spiro atoms. The van der Waals surface area contributed by atoms with Crippen molar-refractivity contribution < 1.29 is 19.0 Å². The van der Waals surface area contributed by atoms with Crippen LogP contribution in [0.5, 0.6) is 5.75 Å². The quantitative estimate of drug-likeness (QED) is 0.650. The van der Waals surface area contributed by atoms with Crippen LogP contribution in [-0.2, 0) is 14.3 Å². The lowest BCUT2D eigenvalue weighted by Gasteiger charge is -2.37. The Morgan fingerprint density at radius 2 is 1.74 bits per heavy atom. The first-order valence-electron chi connectivity index (χ1n) is 12.2. The van der Waals surface area contributed by atoms with E-state index in [4.69, 9.17) is 19.3 Å². The van der Waals surface area contributed by atoms with Gasteiger partial charge in [0.25, 0.3) is 5.91 Å². The molecule has 2 fully saturated rings. The van der Waals surface area contributed by atoms with Crippen LogP contribution in [0.1, 0.15) is 48.9 Å². The predicted octanol–water partition coefficient (Wildman–Crippen LogP) is 3.91. The van der Waals surface area contributed by atoms with Crippen LogP contribution in [0.15, 0.2) is 53.6 Å². The van der Waals surface area contributed by atoms with Gasteiger partial charge in [0.15, 0.2) is 5.79 Å². The third kappa shape index (κ3) is 4.87. The second-order valence-corrected chi connectivity index (χ2v) is 9.26. The van der Waals surface area contributed by atoms with Gasteiger partial charge in [0.1, 0.15) is 5.75 Å². The van der Waals surface area contributed by atoms with Crippen molar-refractivity contribution in [3.8, 4) is 5.75 Å². The Labute approximate surface area is 201 Å². The fourth-order valence-electron chi connectivity index (χ4n) is 4.97. The van der Waals surface area contributed by atoms with Crippen LogP contribution in [0.25, 0.3) is 0 Å². The van der Waals surface area contributed by atoms with E-state index in [0.29, 0.717) is 32.8 Å². The third-order valence-corrected chi connectivity index (χ3v) is 6.92. The molecule has 34 heavy (non-hydrogen) atoms. The number of rotatable bonds is 6. The molecule has 180 valence electrons. The molecule has 0 aromatic heterocycles. The van der Waals surface area contributed by atoms with Crippen molar-refractivity contribution in [2.45, 2.75) is 44.9 Å².